The second-order valence-electron chi connectivity index (χ2n) is 5.93. The predicted octanol–water partition coefficient (Wildman–Crippen LogP) is 0.480. The number of fused-ring (bicyclic) bond motifs is 2. The first-order chi connectivity index (χ1) is 8.22. The molecule has 96 valence electrons. The van der Waals surface area contributed by atoms with Crippen molar-refractivity contribution < 1.29 is 4.79 Å². The molecule has 0 saturated carbocycles. The highest BCUT2D eigenvalue weighted by atomic mass is 16.1. The molecule has 3 atom stereocenters. The summed E-state index contributed by atoms with van der Waals surface area (Å²) in [6, 6.07) is 2.63. The van der Waals surface area contributed by atoms with E-state index in [2.05, 4.69) is 22.6 Å². The Hall–Kier alpha value is -0.610. The summed E-state index contributed by atoms with van der Waals surface area (Å²) in [6.45, 7) is 0.958. The number of nitrogens with zero attached hydrogens (tertiary/aromatic N) is 1. The minimum absolute atomic E-state index is 0.222. The Labute approximate surface area is 103 Å². The summed E-state index contributed by atoms with van der Waals surface area (Å²) in [5, 5.41) is 6.69. The molecule has 0 aliphatic carbocycles. The minimum atomic E-state index is 0.222. The van der Waals surface area contributed by atoms with Gasteiger partial charge < -0.3 is 15.5 Å². The molecule has 1 amide bonds. The van der Waals surface area contributed by atoms with Crippen LogP contribution in [0.3, 0.4) is 0 Å². The normalized spacial score (nSPS) is 41.8. The fourth-order valence-corrected chi connectivity index (χ4v) is 3.72. The van der Waals surface area contributed by atoms with Crippen LogP contribution in [-0.2, 0) is 4.79 Å². The molecule has 2 bridgehead atoms. The fourth-order valence-electron chi connectivity index (χ4n) is 3.72. The second-order valence-corrected chi connectivity index (χ2v) is 5.93. The molecule has 3 fully saturated rings. The molecule has 0 radical (unpaired) electrons. The van der Waals surface area contributed by atoms with Gasteiger partial charge in [-0.15, -0.1) is 0 Å². The quantitative estimate of drug-likeness (QED) is 0.750. The largest absolute Gasteiger partial charge is 0.352 e. The lowest BCUT2D eigenvalue weighted by molar-refractivity contribution is -0.119. The van der Waals surface area contributed by atoms with Crippen molar-refractivity contribution >= 4 is 5.91 Å². The zero-order valence-corrected chi connectivity index (χ0v) is 10.6. The number of carbonyl (C=O) groups is 1. The van der Waals surface area contributed by atoms with E-state index in [4.69, 9.17) is 0 Å². The molecule has 4 nitrogen and oxygen atoms in total. The third kappa shape index (κ3) is 2.33. The van der Waals surface area contributed by atoms with Crippen LogP contribution in [0.2, 0.25) is 0 Å². The molecule has 3 aliphatic rings. The molecule has 0 aromatic carbocycles. The lowest BCUT2D eigenvalue weighted by Gasteiger charge is -2.37. The first kappa shape index (κ1) is 11.5. The fraction of sp³-hybridized carbons (Fsp3) is 0.923. The van der Waals surface area contributed by atoms with E-state index < -0.39 is 0 Å². The first-order valence-corrected chi connectivity index (χ1v) is 6.97. The van der Waals surface area contributed by atoms with Crippen LogP contribution in [0.15, 0.2) is 0 Å². The van der Waals surface area contributed by atoms with Crippen LogP contribution in [0.5, 0.6) is 0 Å². The summed E-state index contributed by atoms with van der Waals surface area (Å²) >= 11 is 0. The molecule has 3 heterocycles. The number of piperidine rings is 1. The van der Waals surface area contributed by atoms with E-state index in [1.165, 1.54) is 25.7 Å². The van der Waals surface area contributed by atoms with Crippen molar-refractivity contribution in [2.24, 2.45) is 0 Å². The van der Waals surface area contributed by atoms with Crippen molar-refractivity contribution in [2.45, 2.75) is 62.7 Å². The van der Waals surface area contributed by atoms with E-state index in [0.29, 0.717) is 18.5 Å². The summed E-state index contributed by atoms with van der Waals surface area (Å²) in [7, 11) is 2.27. The van der Waals surface area contributed by atoms with Crippen molar-refractivity contribution in [3.8, 4) is 0 Å². The Kier molecular flexibility index (Phi) is 3.09. The smallest absolute Gasteiger partial charge is 0.220 e. The van der Waals surface area contributed by atoms with Crippen molar-refractivity contribution in [3.05, 3.63) is 0 Å². The van der Waals surface area contributed by atoms with Gasteiger partial charge in [0, 0.05) is 37.1 Å². The number of rotatable bonds is 3. The van der Waals surface area contributed by atoms with Crippen molar-refractivity contribution in [3.63, 3.8) is 0 Å². The molecule has 0 aromatic rings. The monoisotopic (exact) mass is 237 g/mol. The lowest BCUT2D eigenvalue weighted by Crippen LogP contribution is -2.49. The molecule has 3 unspecified atom stereocenters. The van der Waals surface area contributed by atoms with Crippen LogP contribution in [0.4, 0.5) is 0 Å². The van der Waals surface area contributed by atoms with Gasteiger partial charge in [0.05, 0.1) is 0 Å². The summed E-state index contributed by atoms with van der Waals surface area (Å²) in [5.41, 5.74) is 0. The molecule has 2 N–H and O–H groups in total. The molecule has 17 heavy (non-hydrogen) atoms. The van der Waals surface area contributed by atoms with Gasteiger partial charge in [-0.25, -0.2) is 0 Å². The Morgan fingerprint density at radius 2 is 2.00 bits per heavy atom. The highest BCUT2D eigenvalue weighted by Gasteiger charge is 2.38. The molecule has 3 rings (SSSR count). The predicted molar refractivity (Wildman–Crippen MR) is 66.8 cm³/mol. The average Bonchev–Trinajstić information content (AvgIpc) is 2.78. The number of carbonyl (C=O) groups excluding carboxylic acids is 1. The SMILES string of the molecule is CN1C2CCC1CC(NCC1CCC(=O)N1)C2. The molecule has 0 spiro atoms. The zero-order chi connectivity index (χ0) is 11.8. The van der Waals surface area contributed by atoms with Gasteiger partial charge in [-0.2, -0.15) is 0 Å². The summed E-state index contributed by atoms with van der Waals surface area (Å²) < 4.78 is 0. The van der Waals surface area contributed by atoms with Crippen LogP contribution >= 0.6 is 0 Å². The van der Waals surface area contributed by atoms with Gasteiger partial charge in [0.2, 0.25) is 5.91 Å². The van der Waals surface area contributed by atoms with Gasteiger partial charge in [-0.3, -0.25) is 4.79 Å². The van der Waals surface area contributed by atoms with E-state index in [0.717, 1.165) is 25.0 Å². The minimum Gasteiger partial charge on any atom is -0.352 e. The van der Waals surface area contributed by atoms with E-state index in [1.807, 2.05) is 0 Å². The van der Waals surface area contributed by atoms with Crippen molar-refractivity contribution in [1.82, 2.24) is 15.5 Å². The van der Waals surface area contributed by atoms with Gasteiger partial charge in [-0.1, -0.05) is 0 Å². The Balaban J connectivity index is 1.46. The highest BCUT2D eigenvalue weighted by Crippen LogP contribution is 2.34. The highest BCUT2D eigenvalue weighted by molar-refractivity contribution is 5.78. The second kappa shape index (κ2) is 4.58. The number of hydrogen-bond acceptors (Lipinski definition) is 3. The van der Waals surface area contributed by atoms with E-state index in [9.17, 15) is 4.79 Å². The summed E-state index contributed by atoms with van der Waals surface area (Å²) in [5.74, 6) is 0.222. The van der Waals surface area contributed by atoms with E-state index in [-0.39, 0.29) is 5.91 Å². The van der Waals surface area contributed by atoms with Crippen LogP contribution in [0, 0.1) is 0 Å². The van der Waals surface area contributed by atoms with Crippen LogP contribution in [0.1, 0.15) is 38.5 Å². The van der Waals surface area contributed by atoms with Crippen LogP contribution < -0.4 is 10.6 Å². The maximum atomic E-state index is 11.1. The summed E-state index contributed by atoms with van der Waals surface area (Å²) in [4.78, 5) is 13.7. The number of hydrogen-bond donors (Lipinski definition) is 2. The average molecular weight is 237 g/mol. The zero-order valence-electron chi connectivity index (χ0n) is 10.6. The molecule has 4 heteroatoms. The van der Waals surface area contributed by atoms with Gasteiger partial charge in [0.25, 0.3) is 0 Å². The van der Waals surface area contributed by atoms with Crippen LogP contribution in [0.25, 0.3) is 0 Å². The van der Waals surface area contributed by atoms with Gasteiger partial charge in [0.15, 0.2) is 0 Å². The summed E-state index contributed by atoms with van der Waals surface area (Å²) in [6.07, 6.45) is 7.04. The number of amides is 1. The van der Waals surface area contributed by atoms with E-state index >= 15 is 0 Å². The topological polar surface area (TPSA) is 44.4 Å². The van der Waals surface area contributed by atoms with Crippen molar-refractivity contribution in [1.29, 1.82) is 0 Å². The Morgan fingerprint density at radius 3 is 2.59 bits per heavy atom. The number of nitrogens with one attached hydrogen (secondary N) is 2. The maximum Gasteiger partial charge on any atom is 0.220 e. The standard InChI is InChI=1S/C13H23N3O/c1-16-11-3-4-12(16)7-10(6-11)14-8-9-2-5-13(17)15-9/h9-12,14H,2-8H2,1H3,(H,15,17). The first-order valence-electron chi connectivity index (χ1n) is 6.97. The molecular weight excluding hydrogens is 214 g/mol. The van der Waals surface area contributed by atoms with Crippen LogP contribution in [-0.4, -0.2) is 48.6 Å². The third-order valence-corrected chi connectivity index (χ3v) is 4.84. The van der Waals surface area contributed by atoms with Crippen molar-refractivity contribution in [2.75, 3.05) is 13.6 Å². The maximum absolute atomic E-state index is 11.1. The third-order valence-electron chi connectivity index (χ3n) is 4.84. The van der Waals surface area contributed by atoms with E-state index in [1.54, 1.807) is 0 Å². The van der Waals surface area contributed by atoms with Gasteiger partial charge in [-0.05, 0) is 39.2 Å². The Morgan fingerprint density at radius 1 is 1.29 bits per heavy atom. The lowest BCUT2D eigenvalue weighted by atomic mass is 9.98. The van der Waals surface area contributed by atoms with Gasteiger partial charge in [0.1, 0.15) is 0 Å². The molecular formula is C13H23N3O. The Bertz CT molecular complexity index is 293. The molecule has 3 saturated heterocycles. The van der Waals surface area contributed by atoms with Gasteiger partial charge >= 0.3 is 0 Å². The molecule has 3 aliphatic heterocycles. The molecule has 0 aromatic heterocycles.